The Hall–Kier alpha value is -3.00. The number of hydrogen-bond acceptors (Lipinski definition) is 4. The number of amides is 2. The van der Waals surface area contributed by atoms with Crippen molar-refractivity contribution in [2.75, 3.05) is 0 Å². The number of carbonyl (C=O) groups excluding carboxylic acids is 2. The quantitative estimate of drug-likeness (QED) is 0.358. The summed E-state index contributed by atoms with van der Waals surface area (Å²) in [5, 5.41) is 9.57. The monoisotopic (exact) mass is 595 g/mol. The minimum absolute atomic E-state index is 0.0135. The fraction of sp³-hybridized carbons (Fsp3) is 0.692. The zero-order chi connectivity index (χ0) is 29.7. The molecule has 5 rings (SSSR count). The van der Waals surface area contributed by atoms with Gasteiger partial charge in [0.2, 0.25) is 17.7 Å². The van der Waals surface area contributed by atoms with Crippen LogP contribution in [0.2, 0.25) is 0 Å². The lowest BCUT2D eigenvalue weighted by atomic mass is 9.81. The average Bonchev–Trinajstić information content (AvgIpc) is 3.79. The molecule has 4 atom stereocenters. The van der Waals surface area contributed by atoms with Gasteiger partial charge in [0.05, 0.1) is 48.4 Å². The van der Waals surface area contributed by atoms with Crippen LogP contribution >= 0.6 is 0 Å². The van der Waals surface area contributed by atoms with E-state index in [0.29, 0.717) is 5.56 Å². The Bertz CT molecular complexity index is 1280. The number of nitrogens with one attached hydrogen (secondary N) is 2. The Balaban J connectivity index is 1.36. The second kappa shape index (κ2) is 10.7. The third-order valence-corrected chi connectivity index (χ3v) is 8.16. The molecule has 0 bridgehead atoms. The molecule has 226 valence electrons. The van der Waals surface area contributed by atoms with Gasteiger partial charge in [-0.3, -0.25) is 9.59 Å². The first kappa shape index (κ1) is 29.5. The van der Waals surface area contributed by atoms with Crippen molar-refractivity contribution in [1.82, 2.24) is 25.2 Å². The number of hydrogen-bond donors (Lipinski definition) is 2. The average molecular weight is 596 g/mol. The van der Waals surface area contributed by atoms with E-state index >= 15 is 0 Å². The molecular weight excluding hydrogens is 566 g/mol. The molecule has 2 aromatic rings. The van der Waals surface area contributed by atoms with Crippen molar-refractivity contribution in [3.63, 3.8) is 0 Å². The van der Waals surface area contributed by atoms with E-state index in [-0.39, 0.29) is 36.5 Å². The van der Waals surface area contributed by atoms with Gasteiger partial charge in [0.25, 0.3) is 0 Å². The van der Waals surface area contributed by atoms with Crippen molar-refractivity contribution >= 4 is 17.5 Å². The van der Waals surface area contributed by atoms with Crippen molar-refractivity contribution in [3.05, 3.63) is 29.7 Å². The van der Waals surface area contributed by atoms with Gasteiger partial charge in [-0.05, 0) is 55.6 Å². The van der Waals surface area contributed by atoms with Crippen LogP contribution in [0.25, 0.3) is 5.65 Å². The van der Waals surface area contributed by atoms with Gasteiger partial charge in [0, 0.05) is 19.3 Å². The largest absolute Gasteiger partial charge is 0.392 e. The third kappa shape index (κ3) is 7.26. The Labute approximate surface area is 229 Å². The second-order valence-electron chi connectivity index (χ2n) is 11.4. The van der Waals surface area contributed by atoms with Crippen LogP contribution in [0.5, 0.6) is 0 Å². The van der Waals surface area contributed by atoms with E-state index in [9.17, 15) is 44.7 Å². The first-order chi connectivity index (χ1) is 19.1. The molecule has 0 spiro atoms. The van der Waals surface area contributed by atoms with Gasteiger partial charge in [-0.25, -0.2) is 18.3 Å². The van der Waals surface area contributed by atoms with Gasteiger partial charge >= 0.3 is 12.4 Å². The molecule has 41 heavy (non-hydrogen) atoms. The molecule has 0 aromatic carbocycles. The summed E-state index contributed by atoms with van der Waals surface area (Å²) in [6.45, 7) is 0. The summed E-state index contributed by atoms with van der Waals surface area (Å²) in [6.07, 6.45) is -7.62. The fourth-order valence-corrected chi connectivity index (χ4v) is 5.57. The summed E-state index contributed by atoms with van der Waals surface area (Å²) in [4.78, 5) is 29.5. The second-order valence-corrected chi connectivity index (χ2v) is 11.4. The molecule has 2 heterocycles. The molecule has 3 aliphatic carbocycles. The summed E-state index contributed by atoms with van der Waals surface area (Å²) in [7, 11) is 0. The molecule has 15 heteroatoms. The van der Waals surface area contributed by atoms with Crippen molar-refractivity contribution in [3.8, 4) is 0 Å². The van der Waals surface area contributed by atoms with Crippen LogP contribution in [-0.2, 0) is 9.59 Å². The van der Waals surface area contributed by atoms with E-state index in [4.69, 9.17) is 0 Å². The lowest BCUT2D eigenvalue weighted by Crippen LogP contribution is -2.38. The number of nitrogens with zero attached hydrogens (tertiary/aromatic N) is 3. The Kier molecular flexibility index (Phi) is 7.68. The lowest BCUT2D eigenvalue weighted by Gasteiger charge is -2.33. The van der Waals surface area contributed by atoms with Gasteiger partial charge in [-0.1, -0.05) is 0 Å². The van der Waals surface area contributed by atoms with Gasteiger partial charge in [-0.15, -0.1) is 0 Å². The number of aromatic nitrogens is 3. The van der Waals surface area contributed by atoms with Crippen LogP contribution in [0.15, 0.2) is 18.5 Å². The first-order valence-electron chi connectivity index (χ1n) is 13.6. The first-order valence-corrected chi connectivity index (χ1v) is 13.6. The molecule has 2 aromatic heterocycles. The zero-order valence-corrected chi connectivity index (χ0v) is 21.7. The number of rotatable bonds is 9. The van der Waals surface area contributed by atoms with Gasteiger partial charge < -0.3 is 10.6 Å². The van der Waals surface area contributed by atoms with Gasteiger partial charge in [0.1, 0.15) is 0 Å². The van der Waals surface area contributed by atoms with Crippen LogP contribution in [0.3, 0.4) is 0 Å². The van der Waals surface area contributed by atoms with E-state index in [1.54, 1.807) is 6.07 Å². The standard InChI is InChI=1S/C26H29F8N5O2/c27-24(28)6-3-14(4-7-24)22(38-23(41)16-10-17(16)26(32,33)34)18-12-39-19(36-18)9-15(11-35-39)21(13-1-2-13)37-20(40)5-8-25(29,30)31/h9,11-14,16-17,21-22H,1-8,10H2,(H,37,40)(H,38,41)/t16-,17-,21-,22+/m1/s1. The molecule has 3 saturated carbocycles. The summed E-state index contributed by atoms with van der Waals surface area (Å²) < 4.78 is 106. The minimum atomic E-state index is -4.51. The smallest absolute Gasteiger partial charge is 0.349 e. The predicted molar refractivity (Wildman–Crippen MR) is 127 cm³/mol. The Morgan fingerprint density at radius 3 is 2.24 bits per heavy atom. The molecule has 3 aliphatic rings. The van der Waals surface area contributed by atoms with E-state index in [0.717, 1.165) is 12.8 Å². The van der Waals surface area contributed by atoms with E-state index in [1.807, 2.05) is 0 Å². The molecule has 0 aliphatic heterocycles. The Morgan fingerprint density at radius 2 is 1.66 bits per heavy atom. The molecule has 0 radical (unpaired) electrons. The van der Waals surface area contributed by atoms with Crippen LogP contribution in [0.4, 0.5) is 35.1 Å². The summed E-state index contributed by atoms with van der Waals surface area (Å²) in [5.41, 5.74) is 1.04. The topological polar surface area (TPSA) is 88.4 Å². The zero-order valence-electron chi connectivity index (χ0n) is 21.7. The molecule has 3 fully saturated rings. The normalized spacial score (nSPS) is 24.6. The van der Waals surface area contributed by atoms with E-state index < -0.39 is 85.6 Å². The summed E-state index contributed by atoms with van der Waals surface area (Å²) >= 11 is 0. The van der Waals surface area contributed by atoms with Crippen molar-refractivity contribution in [2.24, 2.45) is 23.7 Å². The summed E-state index contributed by atoms with van der Waals surface area (Å²) in [6, 6.07) is 0.0935. The van der Waals surface area contributed by atoms with Crippen LogP contribution in [0, 0.1) is 23.7 Å². The number of halogens is 8. The van der Waals surface area contributed by atoms with Gasteiger partial charge in [0.15, 0.2) is 5.65 Å². The minimum Gasteiger partial charge on any atom is -0.349 e. The molecule has 0 saturated heterocycles. The SMILES string of the molecule is O=C(CCC(F)(F)F)N[C@@H](c1cnn2cc([C@@H](NC(=O)[C@@H]3C[C@H]3C(F)(F)F)C3CCC(F)(F)CC3)nc2c1)C1CC1. The van der Waals surface area contributed by atoms with E-state index in [1.165, 1.54) is 16.9 Å². The number of fused-ring (bicyclic) bond motifs is 1. The highest BCUT2D eigenvalue weighted by Crippen LogP contribution is 2.51. The molecule has 7 nitrogen and oxygen atoms in total. The molecular formula is C26H29F8N5O2. The summed E-state index contributed by atoms with van der Waals surface area (Å²) in [5.74, 6) is -7.88. The highest BCUT2D eigenvalue weighted by atomic mass is 19.4. The maximum Gasteiger partial charge on any atom is 0.392 e. The van der Waals surface area contributed by atoms with Crippen molar-refractivity contribution in [1.29, 1.82) is 0 Å². The van der Waals surface area contributed by atoms with E-state index in [2.05, 4.69) is 20.7 Å². The highest BCUT2D eigenvalue weighted by Gasteiger charge is 2.59. The maximum absolute atomic E-state index is 13.9. The predicted octanol–water partition coefficient (Wildman–Crippen LogP) is 5.82. The highest BCUT2D eigenvalue weighted by molar-refractivity contribution is 5.82. The molecule has 0 unspecified atom stereocenters. The molecule has 2 N–H and O–H groups in total. The lowest BCUT2D eigenvalue weighted by molar-refractivity contribution is -0.155. The van der Waals surface area contributed by atoms with Crippen LogP contribution in [0.1, 0.15) is 81.1 Å². The number of imidazole rings is 1. The van der Waals surface area contributed by atoms with Crippen LogP contribution < -0.4 is 10.6 Å². The fourth-order valence-electron chi connectivity index (χ4n) is 5.57. The Morgan fingerprint density at radius 1 is 1.00 bits per heavy atom. The number of alkyl halides is 8. The molecule has 2 amide bonds. The van der Waals surface area contributed by atoms with Crippen molar-refractivity contribution < 1.29 is 44.7 Å². The maximum atomic E-state index is 13.9. The third-order valence-electron chi connectivity index (χ3n) is 8.16. The van der Waals surface area contributed by atoms with Crippen LogP contribution in [-0.4, -0.2) is 44.7 Å². The van der Waals surface area contributed by atoms with Gasteiger partial charge in [-0.2, -0.15) is 31.4 Å². The number of carbonyl (C=O) groups is 2. The van der Waals surface area contributed by atoms with Crippen molar-refractivity contribution in [2.45, 2.75) is 88.1 Å².